The maximum atomic E-state index is 12.3. The fourth-order valence-corrected chi connectivity index (χ4v) is 3.05. The van der Waals surface area contributed by atoms with Crippen LogP contribution in [-0.4, -0.2) is 40.1 Å². The number of hydrogen-bond acceptors (Lipinski definition) is 3. The molecule has 1 amide bonds. The standard InChI is InChI=1S/C19H19N3O2/c1-14-6-2-5-9-18(14)24-12-19(23)21-10-15(11-21)22-13-20-16-7-3-4-8-17(16)22/h2-9,13,15H,10-12H2,1H3. The molecule has 1 aliphatic rings. The van der Waals surface area contributed by atoms with E-state index in [-0.39, 0.29) is 12.5 Å². The van der Waals surface area contributed by atoms with Gasteiger partial charge in [0.15, 0.2) is 6.61 Å². The third kappa shape index (κ3) is 2.62. The number of aromatic nitrogens is 2. The Bertz CT molecular complexity index is 881. The second-order valence-corrected chi connectivity index (χ2v) is 6.15. The number of carbonyl (C=O) groups excluding carboxylic acids is 1. The molecule has 0 bridgehead atoms. The van der Waals surface area contributed by atoms with Crippen LogP contribution in [-0.2, 0) is 4.79 Å². The summed E-state index contributed by atoms with van der Waals surface area (Å²) in [6.45, 7) is 3.47. The van der Waals surface area contributed by atoms with Gasteiger partial charge in [0.25, 0.3) is 5.91 Å². The molecule has 1 fully saturated rings. The van der Waals surface area contributed by atoms with Crippen LogP contribution in [0.4, 0.5) is 0 Å². The molecular weight excluding hydrogens is 302 g/mol. The zero-order chi connectivity index (χ0) is 16.5. The van der Waals surface area contributed by atoms with Crippen molar-refractivity contribution >= 4 is 16.9 Å². The first kappa shape index (κ1) is 14.8. The number of ether oxygens (including phenoxy) is 1. The van der Waals surface area contributed by atoms with E-state index in [0.717, 1.165) is 22.3 Å². The highest BCUT2D eigenvalue weighted by atomic mass is 16.5. The van der Waals surface area contributed by atoms with Gasteiger partial charge in [-0.1, -0.05) is 30.3 Å². The Balaban J connectivity index is 1.35. The fraction of sp³-hybridized carbons (Fsp3) is 0.263. The number of benzene rings is 2. The highest BCUT2D eigenvalue weighted by Crippen LogP contribution is 2.26. The lowest BCUT2D eigenvalue weighted by Crippen LogP contribution is -2.52. The SMILES string of the molecule is Cc1ccccc1OCC(=O)N1CC(n2cnc3ccccc32)C1. The van der Waals surface area contributed by atoms with Crippen molar-refractivity contribution in [3.05, 3.63) is 60.4 Å². The highest BCUT2D eigenvalue weighted by Gasteiger charge is 2.32. The van der Waals surface area contributed by atoms with E-state index in [1.54, 1.807) is 0 Å². The third-order valence-electron chi connectivity index (χ3n) is 4.53. The van der Waals surface area contributed by atoms with E-state index in [1.165, 1.54) is 0 Å². The number of amides is 1. The molecule has 0 aliphatic carbocycles. The summed E-state index contributed by atoms with van der Waals surface area (Å²) < 4.78 is 7.80. The second kappa shape index (κ2) is 6.00. The normalized spacial score (nSPS) is 14.6. The summed E-state index contributed by atoms with van der Waals surface area (Å²) in [7, 11) is 0. The molecule has 2 aromatic carbocycles. The van der Waals surface area contributed by atoms with Gasteiger partial charge in [0.05, 0.1) is 23.4 Å². The quantitative estimate of drug-likeness (QED) is 0.742. The molecule has 1 aromatic heterocycles. The Hall–Kier alpha value is -2.82. The number of rotatable bonds is 4. The van der Waals surface area contributed by atoms with Crippen molar-refractivity contribution < 1.29 is 9.53 Å². The van der Waals surface area contributed by atoms with E-state index < -0.39 is 0 Å². The van der Waals surface area contributed by atoms with Gasteiger partial charge >= 0.3 is 0 Å². The molecule has 0 spiro atoms. The summed E-state index contributed by atoms with van der Waals surface area (Å²) >= 11 is 0. The predicted molar refractivity (Wildman–Crippen MR) is 92.0 cm³/mol. The molecule has 4 rings (SSSR count). The minimum atomic E-state index is 0.0268. The molecule has 0 N–H and O–H groups in total. The first-order chi connectivity index (χ1) is 11.7. The topological polar surface area (TPSA) is 47.4 Å². The smallest absolute Gasteiger partial charge is 0.260 e. The van der Waals surface area contributed by atoms with Crippen molar-refractivity contribution in [3.63, 3.8) is 0 Å². The van der Waals surface area contributed by atoms with Gasteiger partial charge in [-0.05, 0) is 30.7 Å². The van der Waals surface area contributed by atoms with Crippen LogP contribution in [0.3, 0.4) is 0 Å². The molecule has 5 heteroatoms. The zero-order valence-electron chi connectivity index (χ0n) is 13.6. The van der Waals surface area contributed by atoms with Gasteiger partial charge in [0.1, 0.15) is 5.75 Å². The van der Waals surface area contributed by atoms with Gasteiger partial charge < -0.3 is 14.2 Å². The summed E-state index contributed by atoms with van der Waals surface area (Å²) in [6.07, 6.45) is 1.86. The van der Waals surface area contributed by atoms with Crippen LogP contribution < -0.4 is 4.74 Å². The average molecular weight is 321 g/mol. The summed E-state index contributed by atoms with van der Waals surface area (Å²) in [5.74, 6) is 0.794. The number of imidazole rings is 1. The zero-order valence-corrected chi connectivity index (χ0v) is 13.6. The Morgan fingerprint density at radius 2 is 1.92 bits per heavy atom. The number of para-hydroxylation sites is 3. The Labute approximate surface area is 140 Å². The molecule has 3 aromatic rings. The number of likely N-dealkylation sites (tertiary alicyclic amines) is 1. The highest BCUT2D eigenvalue weighted by molar-refractivity contribution is 5.79. The molecule has 1 aliphatic heterocycles. The van der Waals surface area contributed by atoms with Crippen LogP contribution in [0.5, 0.6) is 5.75 Å². The number of carbonyl (C=O) groups is 1. The van der Waals surface area contributed by atoms with Crippen molar-refractivity contribution in [1.82, 2.24) is 14.5 Å². The molecule has 122 valence electrons. The Kier molecular flexibility index (Phi) is 3.69. The van der Waals surface area contributed by atoms with Crippen LogP contribution in [0.1, 0.15) is 11.6 Å². The second-order valence-electron chi connectivity index (χ2n) is 6.15. The fourth-order valence-electron chi connectivity index (χ4n) is 3.05. The molecule has 0 radical (unpaired) electrons. The molecule has 24 heavy (non-hydrogen) atoms. The van der Waals surface area contributed by atoms with E-state index in [0.29, 0.717) is 19.1 Å². The molecule has 2 heterocycles. The van der Waals surface area contributed by atoms with E-state index >= 15 is 0 Å². The van der Waals surface area contributed by atoms with Gasteiger partial charge in [-0.3, -0.25) is 4.79 Å². The third-order valence-corrected chi connectivity index (χ3v) is 4.53. The number of fused-ring (bicyclic) bond motifs is 1. The average Bonchev–Trinajstić information content (AvgIpc) is 2.97. The van der Waals surface area contributed by atoms with Gasteiger partial charge in [-0.15, -0.1) is 0 Å². The molecule has 5 nitrogen and oxygen atoms in total. The van der Waals surface area contributed by atoms with Crippen LogP contribution in [0.2, 0.25) is 0 Å². The summed E-state index contributed by atoms with van der Waals surface area (Å²) in [4.78, 5) is 18.5. The number of hydrogen-bond donors (Lipinski definition) is 0. The van der Waals surface area contributed by atoms with Crippen LogP contribution >= 0.6 is 0 Å². The lowest BCUT2D eigenvalue weighted by molar-refractivity contribution is -0.139. The van der Waals surface area contributed by atoms with Gasteiger partial charge in [-0.25, -0.2) is 4.98 Å². The minimum absolute atomic E-state index is 0.0268. The molecule has 0 unspecified atom stereocenters. The predicted octanol–water partition coefficient (Wildman–Crippen LogP) is 2.81. The van der Waals surface area contributed by atoms with E-state index in [1.807, 2.05) is 60.6 Å². The summed E-state index contributed by atoms with van der Waals surface area (Å²) in [6, 6.07) is 16.1. The minimum Gasteiger partial charge on any atom is -0.484 e. The Morgan fingerprint density at radius 3 is 2.75 bits per heavy atom. The molecule has 1 saturated heterocycles. The van der Waals surface area contributed by atoms with Crippen molar-refractivity contribution in [3.8, 4) is 5.75 Å². The summed E-state index contributed by atoms with van der Waals surface area (Å²) in [5, 5.41) is 0. The van der Waals surface area contributed by atoms with Gasteiger partial charge in [0, 0.05) is 13.1 Å². The van der Waals surface area contributed by atoms with Gasteiger partial charge in [0.2, 0.25) is 0 Å². The van der Waals surface area contributed by atoms with Crippen LogP contribution in [0, 0.1) is 6.92 Å². The van der Waals surface area contributed by atoms with Crippen molar-refractivity contribution in [1.29, 1.82) is 0 Å². The maximum absolute atomic E-state index is 12.3. The first-order valence-corrected chi connectivity index (χ1v) is 8.10. The monoisotopic (exact) mass is 321 g/mol. The molecular formula is C19H19N3O2. The Morgan fingerprint density at radius 1 is 1.17 bits per heavy atom. The van der Waals surface area contributed by atoms with E-state index in [2.05, 4.69) is 15.6 Å². The molecule has 0 atom stereocenters. The van der Waals surface area contributed by atoms with Crippen molar-refractivity contribution in [2.24, 2.45) is 0 Å². The van der Waals surface area contributed by atoms with Crippen LogP contribution in [0.25, 0.3) is 11.0 Å². The van der Waals surface area contributed by atoms with E-state index in [9.17, 15) is 4.79 Å². The first-order valence-electron chi connectivity index (χ1n) is 8.10. The van der Waals surface area contributed by atoms with E-state index in [4.69, 9.17) is 4.74 Å². The molecule has 0 saturated carbocycles. The number of nitrogens with zero attached hydrogens (tertiary/aromatic N) is 3. The maximum Gasteiger partial charge on any atom is 0.260 e. The largest absolute Gasteiger partial charge is 0.484 e. The number of aryl methyl sites for hydroxylation is 1. The van der Waals surface area contributed by atoms with Crippen molar-refractivity contribution in [2.75, 3.05) is 19.7 Å². The lowest BCUT2D eigenvalue weighted by Gasteiger charge is -2.40. The van der Waals surface area contributed by atoms with Crippen LogP contribution in [0.15, 0.2) is 54.9 Å². The lowest BCUT2D eigenvalue weighted by atomic mass is 10.1. The van der Waals surface area contributed by atoms with Crippen molar-refractivity contribution in [2.45, 2.75) is 13.0 Å². The van der Waals surface area contributed by atoms with Gasteiger partial charge in [-0.2, -0.15) is 0 Å². The summed E-state index contributed by atoms with van der Waals surface area (Å²) in [5.41, 5.74) is 3.15.